The predicted molar refractivity (Wildman–Crippen MR) is 57.0 cm³/mol. The summed E-state index contributed by atoms with van der Waals surface area (Å²) in [5.74, 6) is 0. The molecule has 0 N–H and O–H groups in total. The van der Waals surface area contributed by atoms with Crippen LogP contribution in [-0.4, -0.2) is 9.78 Å². The van der Waals surface area contributed by atoms with Crippen LogP contribution in [0.25, 0.3) is 0 Å². The average Bonchev–Trinajstić information content (AvgIpc) is 2.45. The molecule has 0 saturated heterocycles. The van der Waals surface area contributed by atoms with E-state index in [9.17, 15) is 0 Å². The van der Waals surface area contributed by atoms with Crippen LogP contribution in [0.15, 0.2) is 4.60 Å². The van der Waals surface area contributed by atoms with E-state index in [1.54, 1.807) is 0 Å². The third-order valence-corrected chi connectivity index (χ3v) is 3.45. The van der Waals surface area contributed by atoms with Gasteiger partial charge in [0.2, 0.25) is 0 Å². The summed E-state index contributed by atoms with van der Waals surface area (Å²) in [6.07, 6.45) is 4.97. The normalized spacial score (nSPS) is 16.3. The van der Waals surface area contributed by atoms with Crippen molar-refractivity contribution in [2.75, 3.05) is 0 Å². The maximum atomic E-state index is 4.62. The van der Waals surface area contributed by atoms with Gasteiger partial charge in [-0.1, -0.05) is 0 Å². The summed E-state index contributed by atoms with van der Waals surface area (Å²) in [6.45, 7) is 4.34. The Morgan fingerprint density at radius 2 is 2.00 bits per heavy atom. The zero-order valence-corrected chi connectivity index (χ0v) is 9.76. The number of aryl methyl sites for hydroxylation is 1. The molecule has 0 radical (unpaired) electrons. The van der Waals surface area contributed by atoms with Crippen LogP contribution in [0, 0.1) is 0 Å². The van der Waals surface area contributed by atoms with Crippen LogP contribution in [-0.2, 0) is 12.8 Å². The maximum absolute atomic E-state index is 4.62. The van der Waals surface area contributed by atoms with Gasteiger partial charge in [0.05, 0.1) is 5.69 Å². The first-order valence-electron chi connectivity index (χ1n) is 4.96. The summed E-state index contributed by atoms with van der Waals surface area (Å²) in [5, 5.41) is 4.62. The Balaban J connectivity index is 2.44. The molecule has 1 aliphatic carbocycles. The highest BCUT2D eigenvalue weighted by Gasteiger charge is 2.19. The average molecular weight is 243 g/mol. The molecule has 0 amide bonds. The first kappa shape index (κ1) is 9.25. The van der Waals surface area contributed by atoms with Crippen LogP contribution in [0.2, 0.25) is 0 Å². The number of halogens is 1. The number of nitrogens with zero attached hydrogens (tertiary/aromatic N) is 2. The van der Waals surface area contributed by atoms with Gasteiger partial charge in [-0.2, -0.15) is 5.10 Å². The highest BCUT2D eigenvalue weighted by atomic mass is 79.9. The number of fused-ring (bicyclic) bond motifs is 1. The highest BCUT2D eigenvalue weighted by Crippen LogP contribution is 2.29. The minimum atomic E-state index is 0.458. The summed E-state index contributed by atoms with van der Waals surface area (Å²) < 4.78 is 3.30. The lowest BCUT2D eigenvalue weighted by Gasteiger charge is -2.08. The monoisotopic (exact) mass is 242 g/mol. The van der Waals surface area contributed by atoms with Crippen LogP contribution in [0.3, 0.4) is 0 Å². The van der Waals surface area contributed by atoms with Gasteiger partial charge in [-0.3, -0.25) is 4.68 Å². The molecule has 1 aliphatic rings. The smallest absolute Gasteiger partial charge is 0.107 e. The molecule has 1 heterocycles. The second-order valence-corrected chi connectivity index (χ2v) is 4.71. The first-order chi connectivity index (χ1) is 6.20. The molecule has 2 rings (SSSR count). The summed E-state index contributed by atoms with van der Waals surface area (Å²) in [6, 6.07) is 0.458. The standard InChI is InChI=1S/C10H15BrN2/c1-7(2)13-10(11)8-5-3-4-6-9(8)12-13/h7H,3-6H2,1-2H3. The van der Waals surface area contributed by atoms with Crippen molar-refractivity contribution in [3.63, 3.8) is 0 Å². The molecule has 13 heavy (non-hydrogen) atoms. The van der Waals surface area contributed by atoms with Gasteiger partial charge in [0.15, 0.2) is 0 Å². The molecular weight excluding hydrogens is 228 g/mol. The topological polar surface area (TPSA) is 17.8 Å². The number of aromatic nitrogens is 2. The van der Waals surface area contributed by atoms with E-state index in [1.807, 2.05) is 0 Å². The first-order valence-corrected chi connectivity index (χ1v) is 5.75. The lowest BCUT2D eigenvalue weighted by molar-refractivity contribution is 0.516. The Morgan fingerprint density at radius 1 is 1.31 bits per heavy atom. The van der Waals surface area contributed by atoms with Crippen LogP contribution < -0.4 is 0 Å². The molecule has 0 aliphatic heterocycles. The van der Waals surface area contributed by atoms with Crippen molar-refractivity contribution in [2.45, 2.75) is 45.6 Å². The Hall–Kier alpha value is -0.310. The fourth-order valence-corrected chi connectivity index (χ4v) is 2.79. The van der Waals surface area contributed by atoms with E-state index < -0.39 is 0 Å². The van der Waals surface area contributed by atoms with E-state index >= 15 is 0 Å². The molecule has 2 nitrogen and oxygen atoms in total. The van der Waals surface area contributed by atoms with Crippen molar-refractivity contribution in [3.8, 4) is 0 Å². The molecule has 0 atom stereocenters. The number of hydrogen-bond acceptors (Lipinski definition) is 1. The third-order valence-electron chi connectivity index (χ3n) is 2.61. The van der Waals surface area contributed by atoms with Crippen LogP contribution >= 0.6 is 15.9 Å². The van der Waals surface area contributed by atoms with Gasteiger partial charge in [-0.25, -0.2) is 0 Å². The summed E-state index contributed by atoms with van der Waals surface area (Å²) in [5.41, 5.74) is 2.76. The Kier molecular flexibility index (Phi) is 2.45. The van der Waals surface area contributed by atoms with E-state index in [4.69, 9.17) is 0 Å². The molecule has 1 aromatic rings. The molecule has 0 spiro atoms. The lowest BCUT2D eigenvalue weighted by Crippen LogP contribution is -2.03. The minimum absolute atomic E-state index is 0.458. The third kappa shape index (κ3) is 1.54. The van der Waals surface area contributed by atoms with Crippen molar-refractivity contribution < 1.29 is 0 Å². The molecule has 1 aromatic heterocycles. The molecule has 0 aromatic carbocycles. The molecule has 0 unspecified atom stereocenters. The SMILES string of the molecule is CC(C)n1nc2c(c1Br)CCCC2. The fourth-order valence-electron chi connectivity index (χ4n) is 1.88. The second kappa shape index (κ2) is 3.45. The van der Waals surface area contributed by atoms with Crippen LogP contribution in [0.1, 0.15) is 44.0 Å². The van der Waals surface area contributed by atoms with Crippen LogP contribution in [0.5, 0.6) is 0 Å². The van der Waals surface area contributed by atoms with Crippen molar-refractivity contribution in [1.82, 2.24) is 9.78 Å². The summed E-state index contributed by atoms with van der Waals surface area (Å²) in [7, 11) is 0. The molecule has 3 heteroatoms. The van der Waals surface area contributed by atoms with Crippen molar-refractivity contribution >= 4 is 15.9 Å². The Labute approximate surface area is 87.5 Å². The molecule has 72 valence electrons. The zero-order chi connectivity index (χ0) is 9.42. The van der Waals surface area contributed by atoms with Gasteiger partial charge in [0.25, 0.3) is 0 Å². The lowest BCUT2D eigenvalue weighted by atomic mass is 9.99. The molecule has 0 saturated carbocycles. The number of hydrogen-bond donors (Lipinski definition) is 0. The largest absolute Gasteiger partial charge is 0.255 e. The summed E-state index contributed by atoms with van der Waals surface area (Å²) in [4.78, 5) is 0. The van der Waals surface area contributed by atoms with E-state index in [0.717, 1.165) is 6.42 Å². The van der Waals surface area contributed by atoms with Gasteiger partial charge in [0, 0.05) is 11.6 Å². The van der Waals surface area contributed by atoms with Gasteiger partial charge in [-0.05, 0) is 55.5 Å². The van der Waals surface area contributed by atoms with Crippen molar-refractivity contribution in [2.24, 2.45) is 0 Å². The van der Waals surface area contributed by atoms with Gasteiger partial charge in [0.1, 0.15) is 4.60 Å². The second-order valence-electron chi connectivity index (χ2n) is 3.96. The van der Waals surface area contributed by atoms with E-state index in [0.29, 0.717) is 6.04 Å². The molecule has 0 fully saturated rings. The van der Waals surface area contributed by atoms with E-state index in [1.165, 1.54) is 35.1 Å². The minimum Gasteiger partial charge on any atom is -0.255 e. The molecule has 0 bridgehead atoms. The Morgan fingerprint density at radius 3 is 2.62 bits per heavy atom. The number of rotatable bonds is 1. The highest BCUT2D eigenvalue weighted by molar-refractivity contribution is 9.10. The zero-order valence-electron chi connectivity index (χ0n) is 8.18. The van der Waals surface area contributed by atoms with E-state index in [2.05, 4.69) is 39.6 Å². The Bertz CT molecular complexity index is 315. The molecular formula is C10H15BrN2. The van der Waals surface area contributed by atoms with E-state index in [-0.39, 0.29) is 0 Å². The van der Waals surface area contributed by atoms with Crippen molar-refractivity contribution in [1.29, 1.82) is 0 Å². The maximum Gasteiger partial charge on any atom is 0.107 e. The predicted octanol–water partition coefficient (Wildman–Crippen LogP) is 3.11. The van der Waals surface area contributed by atoms with Gasteiger partial charge < -0.3 is 0 Å². The van der Waals surface area contributed by atoms with Crippen LogP contribution in [0.4, 0.5) is 0 Å². The van der Waals surface area contributed by atoms with Gasteiger partial charge >= 0.3 is 0 Å². The fraction of sp³-hybridized carbons (Fsp3) is 0.700. The van der Waals surface area contributed by atoms with Gasteiger partial charge in [-0.15, -0.1) is 0 Å². The summed E-state index contributed by atoms with van der Waals surface area (Å²) >= 11 is 3.64. The quantitative estimate of drug-likeness (QED) is 0.741. The van der Waals surface area contributed by atoms with Crippen molar-refractivity contribution in [3.05, 3.63) is 15.9 Å².